The van der Waals surface area contributed by atoms with Crippen LogP contribution in [0.25, 0.3) is 0 Å². The molecular formula is C20H24F2N2S. The Morgan fingerprint density at radius 3 is 2.16 bits per heavy atom. The number of benzene rings is 2. The summed E-state index contributed by atoms with van der Waals surface area (Å²) in [6.45, 7) is 7.76. The van der Waals surface area contributed by atoms with Crippen LogP contribution in [0.15, 0.2) is 42.5 Å². The van der Waals surface area contributed by atoms with E-state index in [2.05, 4.69) is 55.7 Å². The van der Waals surface area contributed by atoms with Crippen molar-refractivity contribution < 1.29 is 8.78 Å². The van der Waals surface area contributed by atoms with Crippen LogP contribution in [0, 0.1) is 11.6 Å². The molecule has 0 saturated heterocycles. The van der Waals surface area contributed by atoms with Crippen molar-refractivity contribution in [3.63, 3.8) is 0 Å². The summed E-state index contributed by atoms with van der Waals surface area (Å²) < 4.78 is 26.0. The second-order valence-corrected chi connectivity index (χ2v) is 7.46. The maximum Gasteiger partial charge on any atom is 0.166 e. The van der Waals surface area contributed by atoms with E-state index in [1.807, 2.05) is 0 Å². The zero-order valence-corrected chi connectivity index (χ0v) is 15.6. The average molecular weight is 362 g/mol. The lowest BCUT2D eigenvalue weighted by molar-refractivity contribution is 0.507. The third-order valence-corrected chi connectivity index (χ3v) is 4.24. The summed E-state index contributed by atoms with van der Waals surface area (Å²) >= 11 is 5.24. The summed E-state index contributed by atoms with van der Waals surface area (Å²) in [4.78, 5) is 0. The highest BCUT2D eigenvalue weighted by Crippen LogP contribution is 2.22. The highest BCUT2D eigenvalue weighted by Gasteiger charge is 2.12. The number of halogens is 2. The molecule has 2 nitrogen and oxygen atoms in total. The van der Waals surface area contributed by atoms with Crippen LogP contribution in [0.1, 0.15) is 37.5 Å². The molecule has 0 radical (unpaired) electrons. The zero-order valence-electron chi connectivity index (χ0n) is 14.8. The molecule has 5 heteroatoms. The fourth-order valence-electron chi connectivity index (χ4n) is 2.38. The highest BCUT2D eigenvalue weighted by atomic mass is 32.1. The van der Waals surface area contributed by atoms with Gasteiger partial charge in [-0.15, -0.1) is 0 Å². The van der Waals surface area contributed by atoms with Crippen LogP contribution in [0.4, 0.5) is 8.78 Å². The molecule has 25 heavy (non-hydrogen) atoms. The topological polar surface area (TPSA) is 24.1 Å². The van der Waals surface area contributed by atoms with Crippen molar-refractivity contribution in [1.82, 2.24) is 10.6 Å². The monoisotopic (exact) mass is 362 g/mol. The van der Waals surface area contributed by atoms with Gasteiger partial charge in [-0.3, -0.25) is 0 Å². The van der Waals surface area contributed by atoms with Gasteiger partial charge in [-0.05, 0) is 52.9 Å². The van der Waals surface area contributed by atoms with Crippen molar-refractivity contribution in [3.8, 4) is 0 Å². The molecule has 0 aliphatic rings. The van der Waals surface area contributed by atoms with Crippen LogP contribution in [-0.2, 0) is 18.4 Å². The molecule has 0 aromatic heterocycles. The predicted octanol–water partition coefficient (Wildman–Crippen LogP) is 4.47. The van der Waals surface area contributed by atoms with Crippen molar-refractivity contribution in [2.24, 2.45) is 0 Å². The van der Waals surface area contributed by atoms with Gasteiger partial charge >= 0.3 is 0 Å². The largest absolute Gasteiger partial charge is 0.362 e. The average Bonchev–Trinajstić information content (AvgIpc) is 2.56. The first kappa shape index (κ1) is 19.3. The number of thiocarbonyl (C=S) groups is 1. The lowest BCUT2D eigenvalue weighted by Crippen LogP contribution is -2.35. The van der Waals surface area contributed by atoms with Crippen LogP contribution < -0.4 is 10.6 Å². The highest BCUT2D eigenvalue weighted by molar-refractivity contribution is 7.80. The standard InChI is InChI=1S/C20H24F2N2S/c1-20(2,3)16-7-4-15(5-8-16)13-24-19(25)23-11-10-14-6-9-17(21)18(22)12-14/h4-9,12H,10-11,13H2,1-3H3,(H2,23,24,25). The molecule has 0 saturated carbocycles. The molecule has 134 valence electrons. The van der Waals surface area contributed by atoms with Crippen LogP contribution >= 0.6 is 12.2 Å². The van der Waals surface area contributed by atoms with E-state index in [1.165, 1.54) is 11.6 Å². The summed E-state index contributed by atoms with van der Waals surface area (Å²) in [6, 6.07) is 12.4. The normalized spacial score (nSPS) is 11.2. The Bertz CT molecular complexity index is 721. The van der Waals surface area contributed by atoms with Gasteiger partial charge in [0.25, 0.3) is 0 Å². The Morgan fingerprint density at radius 1 is 0.920 bits per heavy atom. The van der Waals surface area contributed by atoms with Gasteiger partial charge in [0.15, 0.2) is 16.7 Å². The number of rotatable bonds is 5. The Kier molecular flexibility index (Phi) is 6.48. The van der Waals surface area contributed by atoms with E-state index in [1.54, 1.807) is 6.07 Å². The third kappa shape index (κ3) is 6.09. The van der Waals surface area contributed by atoms with E-state index in [0.717, 1.165) is 17.2 Å². The molecule has 2 N–H and O–H groups in total. The molecule has 0 fully saturated rings. The fraction of sp³-hybridized carbons (Fsp3) is 0.350. The maximum absolute atomic E-state index is 13.1. The van der Waals surface area contributed by atoms with E-state index >= 15 is 0 Å². The quantitative estimate of drug-likeness (QED) is 0.768. The summed E-state index contributed by atoms with van der Waals surface area (Å²) in [5, 5.41) is 6.77. The van der Waals surface area contributed by atoms with Gasteiger partial charge in [0.05, 0.1) is 0 Å². The van der Waals surface area contributed by atoms with Crippen LogP contribution in [0.5, 0.6) is 0 Å². The first-order valence-electron chi connectivity index (χ1n) is 8.31. The van der Waals surface area contributed by atoms with Gasteiger partial charge in [-0.2, -0.15) is 0 Å². The number of hydrogen-bond donors (Lipinski definition) is 2. The Labute approximate surface area is 153 Å². The first-order chi connectivity index (χ1) is 11.8. The lowest BCUT2D eigenvalue weighted by atomic mass is 9.87. The minimum Gasteiger partial charge on any atom is -0.362 e. The van der Waals surface area contributed by atoms with E-state index in [4.69, 9.17) is 12.2 Å². The fourth-order valence-corrected chi connectivity index (χ4v) is 2.56. The second kappa shape index (κ2) is 8.39. The first-order valence-corrected chi connectivity index (χ1v) is 8.71. The molecule has 2 aromatic rings. The molecule has 0 spiro atoms. The van der Waals surface area contributed by atoms with E-state index < -0.39 is 11.6 Å². The molecule has 2 rings (SSSR count). The minimum atomic E-state index is -0.827. The summed E-state index contributed by atoms with van der Waals surface area (Å²) in [5.41, 5.74) is 3.32. The van der Waals surface area contributed by atoms with Gasteiger partial charge in [0.1, 0.15) is 0 Å². The van der Waals surface area contributed by atoms with Gasteiger partial charge in [-0.1, -0.05) is 51.1 Å². The van der Waals surface area contributed by atoms with Gasteiger partial charge in [-0.25, -0.2) is 8.78 Å². The van der Waals surface area contributed by atoms with Crippen molar-refractivity contribution in [3.05, 3.63) is 70.8 Å². The number of nitrogens with one attached hydrogen (secondary N) is 2. The van der Waals surface area contributed by atoms with Gasteiger partial charge in [0, 0.05) is 13.1 Å². The molecule has 0 atom stereocenters. The Hall–Kier alpha value is -2.01. The van der Waals surface area contributed by atoms with Crippen molar-refractivity contribution in [2.45, 2.75) is 39.2 Å². The minimum absolute atomic E-state index is 0.142. The summed E-state index contributed by atoms with van der Waals surface area (Å²) in [5.74, 6) is -1.65. The van der Waals surface area contributed by atoms with E-state index in [-0.39, 0.29) is 5.41 Å². The van der Waals surface area contributed by atoms with Gasteiger partial charge < -0.3 is 10.6 Å². The third-order valence-electron chi connectivity index (χ3n) is 3.96. The smallest absolute Gasteiger partial charge is 0.166 e. The molecule has 0 amide bonds. The Morgan fingerprint density at radius 2 is 1.56 bits per heavy atom. The summed E-state index contributed by atoms with van der Waals surface area (Å²) in [7, 11) is 0. The molecule has 0 unspecified atom stereocenters. The van der Waals surface area contributed by atoms with E-state index in [0.29, 0.717) is 24.6 Å². The van der Waals surface area contributed by atoms with E-state index in [9.17, 15) is 8.78 Å². The molecule has 0 bridgehead atoms. The summed E-state index contributed by atoms with van der Waals surface area (Å²) in [6.07, 6.45) is 0.569. The zero-order chi connectivity index (χ0) is 18.4. The van der Waals surface area contributed by atoms with Crippen molar-refractivity contribution >= 4 is 17.3 Å². The molecule has 2 aromatic carbocycles. The van der Waals surface area contributed by atoms with Gasteiger partial charge in [0.2, 0.25) is 0 Å². The SMILES string of the molecule is CC(C)(C)c1ccc(CNC(=S)NCCc2ccc(F)c(F)c2)cc1. The molecule has 0 aliphatic heterocycles. The lowest BCUT2D eigenvalue weighted by Gasteiger charge is -2.19. The second-order valence-electron chi connectivity index (χ2n) is 7.05. The Balaban J connectivity index is 1.74. The van der Waals surface area contributed by atoms with Crippen molar-refractivity contribution in [1.29, 1.82) is 0 Å². The molecular weight excluding hydrogens is 338 g/mol. The van der Waals surface area contributed by atoms with Crippen LogP contribution in [0.3, 0.4) is 0 Å². The molecule has 0 heterocycles. The van der Waals surface area contributed by atoms with Crippen LogP contribution in [0.2, 0.25) is 0 Å². The van der Waals surface area contributed by atoms with Crippen molar-refractivity contribution in [2.75, 3.05) is 6.54 Å². The maximum atomic E-state index is 13.1. The molecule has 0 aliphatic carbocycles. The van der Waals surface area contributed by atoms with Crippen LogP contribution in [-0.4, -0.2) is 11.7 Å². The number of hydrogen-bond acceptors (Lipinski definition) is 1. The predicted molar refractivity (Wildman–Crippen MR) is 103 cm³/mol.